The maximum absolute atomic E-state index is 11.3. The largest absolute Gasteiger partial charge is 0.392 e. The van der Waals surface area contributed by atoms with Crippen molar-refractivity contribution in [2.24, 2.45) is 0 Å². The molecule has 118 valence electrons. The molecule has 1 aromatic carbocycles. The lowest BCUT2D eigenvalue weighted by molar-refractivity contribution is -0.384. The minimum atomic E-state index is -0.392. The number of ether oxygens (including phenoxy) is 1. The molecule has 1 aromatic rings. The molecule has 0 aliphatic carbocycles. The van der Waals surface area contributed by atoms with Gasteiger partial charge in [0.1, 0.15) is 5.69 Å². The lowest BCUT2D eigenvalue weighted by atomic mass is 10.1. The minimum Gasteiger partial charge on any atom is -0.392 e. The van der Waals surface area contributed by atoms with E-state index in [1.54, 1.807) is 19.2 Å². The lowest BCUT2D eigenvalue weighted by Crippen LogP contribution is -2.37. The number of nitrogens with zero attached hydrogens (tertiary/aromatic N) is 2. The fraction of sp³-hybridized carbons (Fsp3) is 0.600. The van der Waals surface area contributed by atoms with Gasteiger partial charge in [-0.15, -0.1) is 0 Å². The van der Waals surface area contributed by atoms with Crippen LogP contribution in [0.3, 0.4) is 0 Å². The first-order valence-corrected chi connectivity index (χ1v) is 7.22. The van der Waals surface area contributed by atoms with E-state index in [0.717, 1.165) is 12.8 Å². The molecule has 1 N–H and O–H groups in total. The van der Waals surface area contributed by atoms with Gasteiger partial charge in [0.05, 0.1) is 18.1 Å². The molecule has 0 atom stereocenters. The van der Waals surface area contributed by atoms with Gasteiger partial charge in [-0.1, -0.05) is 19.9 Å². The molecule has 0 unspecified atom stereocenters. The zero-order valence-corrected chi connectivity index (χ0v) is 12.9. The van der Waals surface area contributed by atoms with Gasteiger partial charge in [-0.05, 0) is 24.5 Å². The highest BCUT2D eigenvalue weighted by atomic mass is 16.6. The summed E-state index contributed by atoms with van der Waals surface area (Å²) in [4.78, 5) is 13.0. The van der Waals surface area contributed by atoms with E-state index in [2.05, 4.69) is 13.8 Å². The molecule has 0 saturated carbocycles. The van der Waals surface area contributed by atoms with E-state index >= 15 is 0 Å². The van der Waals surface area contributed by atoms with Gasteiger partial charge >= 0.3 is 0 Å². The van der Waals surface area contributed by atoms with E-state index in [1.807, 2.05) is 4.90 Å². The van der Waals surface area contributed by atoms with Crippen molar-refractivity contribution in [3.63, 3.8) is 0 Å². The summed E-state index contributed by atoms with van der Waals surface area (Å²) < 4.78 is 5.13. The molecular weight excluding hydrogens is 272 g/mol. The summed E-state index contributed by atoms with van der Waals surface area (Å²) in [6, 6.07) is 5.11. The number of benzene rings is 1. The molecule has 0 aliphatic heterocycles. The van der Waals surface area contributed by atoms with E-state index < -0.39 is 4.92 Å². The summed E-state index contributed by atoms with van der Waals surface area (Å²) in [6.07, 6.45) is 1.80. The van der Waals surface area contributed by atoms with E-state index in [4.69, 9.17) is 9.84 Å². The Balaban J connectivity index is 3.24. The summed E-state index contributed by atoms with van der Waals surface area (Å²) in [6.45, 7) is 5.05. The van der Waals surface area contributed by atoms with Crippen molar-refractivity contribution in [1.82, 2.24) is 0 Å². The van der Waals surface area contributed by atoms with Gasteiger partial charge < -0.3 is 14.7 Å². The number of aliphatic hydroxyl groups excluding tert-OH is 1. The highest BCUT2D eigenvalue weighted by Gasteiger charge is 2.24. The van der Waals surface area contributed by atoms with Crippen LogP contribution in [0.5, 0.6) is 0 Å². The normalized spacial score (nSPS) is 10.9. The number of nitro benzene ring substituents is 1. The van der Waals surface area contributed by atoms with Gasteiger partial charge in [-0.3, -0.25) is 10.1 Å². The molecule has 0 aliphatic rings. The number of hydrogen-bond donors (Lipinski definition) is 1. The van der Waals surface area contributed by atoms with Crippen molar-refractivity contribution in [3.05, 3.63) is 33.9 Å². The van der Waals surface area contributed by atoms with E-state index in [-0.39, 0.29) is 18.3 Å². The van der Waals surface area contributed by atoms with Gasteiger partial charge in [0, 0.05) is 25.8 Å². The smallest absolute Gasteiger partial charge is 0.292 e. The Hall–Kier alpha value is -1.66. The van der Waals surface area contributed by atoms with Crippen molar-refractivity contribution >= 4 is 11.4 Å². The molecule has 0 fully saturated rings. The molecule has 0 heterocycles. The molecule has 0 spiro atoms. The Labute approximate surface area is 125 Å². The molecule has 0 radical (unpaired) electrons. The number of methoxy groups -OCH3 is 1. The zero-order valence-electron chi connectivity index (χ0n) is 12.9. The van der Waals surface area contributed by atoms with E-state index in [0.29, 0.717) is 24.4 Å². The topological polar surface area (TPSA) is 75.8 Å². The second kappa shape index (κ2) is 8.59. The third kappa shape index (κ3) is 4.41. The van der Waals surface area contributed by atoms with Gasteiger partial charge in [-0.2, -0.15) is 0 Å². The monoisotopic (exact) mass is 296 g/mol. The SMILES string of the molecule is CCC(CC)N(CCOC)c1ccc(CO)cc1[N+](=O)[O-]. The average Bonchev–Trinajstić information content (AvgIpc) is 2.51. The Bertz CT molecular complexity index is 461. The summed E-state index contributed by atoms with van der Waals surface area (Å²) in [5.41, 5.74) is 1.16. The first kappa shape index (κ1) is 17.4. The fourth-order valence-corrected chi connectivity index (χ4v) is 2.48. The Morgan fingerprint density at radius 1 is 1.38 bits per heavy atom. The predicted octanol–water partition coefficient (Wildman–Crippen LogP) is 2.73. The second-order valence-corrected chi connectivity index (χ2v) is 4.89. The maximum Gasteiger partial charge on any atom is 0.292 e. The van der Waals surface area contributed by atoms with Crippen molar-refractivity contribution in [2.45, 2.75) is 39.3 Å². The van der Waals surface area contributed by atoms with Crippen LogP contribution < -0.4 is 4.90 Å². The lowest BCUT2D eigenvalue weighted by Gasteiger charge is -2.32. The number of nitro groups is 1. The number of rotatable bonds is 9. The van der Waals surface area contributed by atoms with Crippen molar-refractivity contribution < 1.29 is 14.8 Å². The van der Waals surface area contributed by atoms with Gasteiger partial charge in [-0.25, -0.2) is 0 Å². The van der Waals surface area contributed by atoms with Crippen molar-refractivity contribution in [3.8, 4) is 0 Å². The standard InChI is InChI=1S/C15H24N2O4/c1-4-13(5-2)16(8-9-21-3)14-7-6-12(11-18)10-15(14)17(19)20/h6-7,10,13,18H,4-5,8-9,11H2,1-3H3. The van der Waals surface area contributed by atoms with Crippen LogP contribution in [-0.4, -0.2) is 36.3 Å². The number of hydrogen-bond acceptors (Lipinski definition) is 5. The molecular formula is C15H24N2O4. The van der Waals surface area contributed by atoms with Crippen LogP contribution in [0.2, 0.25) is 0 Å². The molecule has 21 heavy (non-hydrogen) atoms. The highest BCUT2D eigenvalue weighted by Crippen LogP contribution is 2.32. The van der Waals surface area contributed by atoms with Crippen LogP contribution in [0.1, 0.15) is 32.3 Å². The molecule has 1 rings (SSSR count). The summed E-state index contributed by atoms with van der Waals surface area (Å²) in [7, 11) is 1.62. The average molecular weight is 296 g/mol. The van der Waals surface area contributed by atoms with Crippen LogP contribution in [0, 0.1) is 10.1 Å². The maximum atomic E-state index is 11.3. The van der Waals surface area contributed by atoms with Crippen LogP contribution in [0.15, 0.2) is 18.2 Å². The molecule has 0 amide bonds. The van der Waals surface area contributed by atoms with E-state index in [1.165, 1.54) is 6.07 Å². The Morgan fingerprint density at radius 2 is 2.05 bits per heavy atom. The molecule has 6 heteroatoms. The van der Waals surface area contributed by atoms with Crippen molar-refractivity contribution in [2.75, 3.05) is 25.2 Å². The van der Waals surface area contributed by atoms with Crippen LogP contribution in [0.25, 0.3) is 0 Å². The fourth-order valence-electron chi connectivity index (χ4n) is 2.48. The van der Waals surface area contributed by atoms with Crippen molar-refractivity contribution in [1.29, 1.82) is 0 Å². The quantitative estimate of drug-likeness (QED) is 0.560. The number of aliphatic hydroxyl groups is 1. The molecule has 0 aromatic heterocycles. The van der Waals surface area contributed by atoms with Crippen LogP contribution >= 0.6 is 0 Å². The Kier molecular flexibility index (Phi) is 7.11. The minimum absolute atomic E-state index is 0.0320. The van der Waals surface area contributed by atoms with Gasteiger partial charge in [0.25, 0.3) is 5.69 Å². The number of anilines is 1. The van der Waals surface area contributed by atoms with E-state index in [9.17, 15) is 10.1 Å². The highest BCUT2D eigenvalue weighted by molar-refractivity contribution is 5.65. The molecule has 0 saturated heterocycles. The second-order valence-electron chi connectivity index (χ2n) is 4.89. The van der Waals surface area contributed by atoms with Crippen LogP contribution in [-0.2, 0) is 11.3 Å². The first-order chi connectivity index (χ1) is 10.1. The zero-order chi connectivity index (χ0) is 15.8. The molecule has 6 nitrogen and oxygen atoms in total. The molecule has 0 bridgehead atoms. The van der Waals surface area contributed by atoms with Gasteiger partial charge in [0.15, 0.2) is 0 Å². The third-order valence-electron chi connectivity index (χ3n) is 3.65. The first-order valence-electron chi connectivity index (χ1n) is 7.22. The van der Waals surface area contributed by atoms with Crippen LogP contribution in [0.4, 0.5) is 11.4 Å². The summed E-state index contributed by atoms with van der Waals surface area (Å²) in [5, 5.41) is 20.5. The summed E-state index contributed by atoms with van der Waals surface area (Å²) >= 11 is 0. The third-order valence-corrected chi connectivity index (χ3v) is 3.65. The Morgan fingerprint density at radius 3 is 2.52 bits per heavy atom. The van der Waals surface area contributed by atoms with Gasteiger partial charge in [0.2, 0.25) is 0 Å². The summed E-state index contributed by atoms with van der Waals surface area (Å²) in [5.74, 6) is 0. The predicted molar refractivity (Wildman–Crippen MR) is 82.6 cm³/mol.